The summed E-state index contributed by atoms with van der Waals surface area (Å²) >= 11 is 0. The Balaban J connectivity index is 2.07. The first-order chi connectivity index (χ1) is 7.24. The lowest BCUT2D eigenvalue weighted by Gasteiger charge is -2.08. The summed E-state index contributed by atoms with van der Waals surface area (Å²) in [4.78, 5) is 8.57. The molecule has 82 valence electrons. The van der Waals surface area contributed by atoms with Crippen LogP contribution < -0.4 is 10.6 Å². The standard InChI is InChI=1S/C11H18N4/c1-4-8-5-9(8)14-10-7(2)6-13-11(12-3)15-10/h6,8-9H,4-5H2,1-3H3,(H2,12,13,14,15). The van der Waals surface area contributed by atoms with Crippen molar-refractivity contribution in [3.05, 3.63) is 11.8 Å². The first-order valence-corrected chi connectivity index (χ1v) is 5.52. The molecular weight excluding hydrogens is 188 g/mol. The van der Waals surface area contributed by atoms with E-state index in [9.17, 15) is 0 Å². The Kier molecular flexibility index (Phi) is 2.75. The smallest absolute Gasteiger partial charge is 0.224 e. The molecule has 15 heavy (non-hydrogen) atoms. The number of nitrogens with zero attached hydrogens (tertiary/aromatic N) is 2. The highest BCUT2D eigenvalue weighted by Crippen LogP contribution is 2.36. The zero-order chi connectivity index (χ0) is 10.8. The van der Waals surface area contributed by atoms with Gasteiger partial charge in [-0.05, 0) is 19.3 Å². The fourth-order valence-corrected chi connectivity index (χ4v) is 1.76. The number of hydrogen-bond acceptors (Lipinski definition) is 4. The second kappa shape index (κ2) is 4.04. The second-order valence-electron chi connectivity index (χ2n) is 4.13. The van der Waals surface area contributed by atoms with Crippen molar-refractivity contribution in [2.45, 2.75) is 32.7 Å². The molecule has 0 amide bonds. The van der Waals surface area contributed by atoms with Crippen molar-refractivity contribution in [2.24, 2.45) is 5.92 Å². The van der Waals surface area contributed by atoms with E-state index in [1.807, 2.05) is 20.2 Å². The summed E-state index contributed by atoms with van der Waals surface area (Å²) in [6.45, 7) is 4.27. The van der Waals surface area contributed by atoms with Crippen LogP contribution in [0.1, 0.15) is 25.3 Å². The molecule has 0 spiro atoms. The van der Waals surface area contributed by atoms with Crippen molar-refractivity contribution in [2.75, 3.05) is 17.7 Å². The monoisotopic (exact) mass is 206 g/mol. The van der Waals surface area contributed by atoms with Crippen molar-refractivity contribution in [1.29, 1.82) is 0 Å². The van der Waals surface area contributed by atoms with Gasteiger partial charge in [0.05, 0.1) is 0 Å². The molecule has 2 N–H and O–H groups in total. The van der Waals surface area contributed by atoms with E-state index < -0.39 is 0 Å². The number of nitrogens with one attached hydrogen (secondary N) is 2. The summed E-state index contributed by atoms with van der Waals surface area (Å²) in [5, 5.41) is 6.42. The van der Waals surface area contributed by atoms with Gasteiger partial charge < -0.3 is 10.6 Å². The van der Waals surface area contributed by atoms with Crippen molar-refractivity contribution in [1.82, 2.24) is 9.97 Å². The first-order valence-electron chi connectivity index (χ1n) is 5.52. The average molecular weight is 206 g/mol. The van der Waals surface area contributed by atoms with Crippen molar-refractivity contribution < 1.29 is 0 Å². The summed E-state index contributed by atoms with van der Waals surface area (Å²) in [5.74, 6) is 2.48. The van der Waals surface area contributed by atoms with Gasteiger partial charge in [0.15, 0.2) is 0 Å². The van der Waals surface area contributed by atoms with E-state index in [2.05, 4.69) is 27.5 Å². The second-order valence-corrected chi connectivity index (χ2v) is 4.13. The molecule has 1 aromatic heterocycles. The van der Waals surface area contributed by atoms with Crippen LogP contribution in [0.15, 0.2) is 6.20 Å². The highest BCUT2D eigenvalue weighted by molar-refractivity contribution is 5.48. The van der Waals surface area contributed by atoms with Gasteiger partial charge >= 0.3 is 0 Å². The predicted octanol–water partition coefficient (Wildman–Crippen LogP) is 2.04. The molecule has 2 atom stereocenters. The molecule has 0 bridgehead atoms. The molecule has 1 heterocycles. The molecule has 1 fully saturated rings. The van der Waals surface area contributed by atoms with E-state index in [0.29, 0.717) is 12.0 Å². The van der Waals surface area contributed by atoms with Gasteiger partial charge in [0.2, 0.25) is 5.95 Å². The molecule has 0 aromatic carbocycles. The summed E-state index contributed by atoms with van der Waals surface area (Å²) in [5.41, 5.74) is 1.11. The van der Waals surface area contributed by atoms with Crippen LogP contribution in [-0.2, 0) is 0 Å². The van der Waals surface area contributed by atoms with Crippen molar-refractivity contribution in [3.63, 3.8) is 0 Å². The van der Waals surface area contributed by atoms with Gasteiger partial charge in [-0.15, -0.1) is 0 Å². The third kappa shape index (κ3) is 2.19. The van der Waals surface area contributed by atoms with Crippen molar-refractivity contribution in [3.8, 4) is 0 Å². The van der Waals surface area contributed by atoms with Crippen LogP contribution >= 0.6 is 0 Å². The van der Waals surface area contributed by atoms with Crippen LogP contribution in [0.3, 0.4) is 0 Å². The molecule has 1 aromatic rings. The number of aryl methyl sites for hydroxylation is 1. The third-order valence-electron chi connectivity index (χ3n) is 2.96. The maximum absolute atomic E-state index is 4.41. The van der Waals surface area contributed by atoms with E-state index in [4.69, 9.17) is 0 Å². The highest BCUT2D eigenvalue weighted by atomic mass is 15.1. The minimum Gasteiger partial charge on any atom is -0.367 e. The molecular formula is C11H18N4. The first kappa shape index (κ1) is 10.2. The average Bonchev–Trinajstić information content (AvgIpc) is 3.00. The Bertz CT molecular complexity index is 350. The van der Waals surface area contributed by atoms with Crippen LogP contribution in [-0.4, -0.2) is 23.1 Å². The number of anilines is 2. The minimum absolute atomic E-state index is 0.619. The molecule has 2 rings (SSSR count). The lowest BCUT2D eigenvalue weighted by atomic mass is 10.3. The summed E-state index contributed by atoms with van der Waals surface area (Å²) in [6.07, 6.45) is 4.38. The normalized spacial score (nSPS) is 23.7. The van der Waals surface area contributed by atoms with Gasteiger partial charge in [-0.3, -0.25) is 0 Å². The zero-order valence-corrected chi connectivity index (χ0v) is 9.54. The number of aromatic nitrogens is 2. The Morgan fingerprint density at radius 1 is 1.53 bits per heavy atom. The summed E-state index contributed by atoms with van der Waals surface area (Å²) in [6, 6.07) is 0.619. The lowest BCUT2D eigenvalue weighted by molar-refractivity contribution is 0.773. The van der Waals surface area contributed by atoms with E-state index in [-0.39, 0.29) is 0 Å². The van der Waals surface area contributed by atoms with Crippen LogP contribution in [0.5, 0.6) is 0 Å². The summed E-state index contributed by atoms with van der Waals surface area (Å²) < 4.78 is 0. The van der Waals surface area contributed by atoms with Crippen LogP contribution in [0.25, 0.3) is 0 Å². The van der Waals surface area contributed by atoms with Gasteiger partial charge in [0.25, 0.3) is 0 Å². The van der Waals surface area contributed by atoms with E-state index in [0.717, 1.165) is 17.3 Å². The molecule has 0 radical (unpaired) electrons. The zero-order valence-electron chi connectivity index (χ0n) is 9.54. The van der Waals surface area contributed by atoms with Gasteiger partial charge in [0, 0.05) is 24.8 Å². The SMILES string of the molecule is CCC1CC1Nc1nc(NC)ncc1C. The van der Waals surface area contributed by atoms with E-state index >= 15 is 0 Å². The molecule has 1 saturated carbocycles. The molecule has 4 nitrogen and oxygen atoms in total. The molecule has 2 unspecified atom stereocenters. The Morgan fingerprint density at radius 2 is 2.33 bits per heavy atom. The Morgan fingerprint density at radius 3 is 2.93 bits per heavy atom. The van der Waals surface area contributed by atoms with Gasteiger partial charge in [-0.2, -0.15) is 4.98 Å². The highest BCUT2D eigenvalue weighted by Gasteiger charge is 2.35. The van der Waals surface area contributed by atoms with Crippen LogP contribution in [0.2, 0.25) is 0 Å². The quantitative estimate of drug-likeness (QED) is 0.791. The third-order valence-corrected chi connectivity index (χ3v) is 2.96. The largest absolute Gasteiger partial charge is 0.367 e. The van der Waals surface area contributed by atoms with Gasteiger partial charge in [-0.25, -0.2) is 4.98 Å². The molecule has 0 aliphatic heterocycles. The molecule has 0 saturated heterocycles. The van der Waals surface area contributed by atoms with Crippen LogP contribution in [0.4, 0.5) is 11.8 Å². The fraction of sp³-hybridized carbons (Fsp3) is 0.636. The van der Waals surface area contributed by atoms with Gasteiger partial charge in [0.1, 0.15) is 5.82 Å². The summed E-state index contributed by atoms with van der Waals surface area (Å²) in [7, 11) is 1.83. The molecule has 1 aliphatic carbocycles. The molecule has 1 aliphatic rings. The Labute approximate surface area is 90.5 Å². The minimum atomic E-state index is 0.619. The van der Waals surface area contributed by atoms with Crippen molar-refractivity contribution >= 4 is 11.8 Å². The predicted molar refractivity (Wildman–Crippen MR) is 62.1 cm³/mol. The van der Waals surface area contributed by atoms with E-state index in [1.165, 1.54) is 12.8 Å². The van der Waals surface area contributed by atoms with Crippen LogP contribution in [0, 0.1) is 12.8 Å². The lowest BCUT2D eigenvalue weighted by Crippen LogP contribution is -2.09. The Hall–Kier alpha value is -1.32. The molecule has 4 heteroatoms. The maximum Gasteiger partial charge on any atom is 0.224 e. The fourth-order valence-electron chi connectivity index (χ4n) is 1.76. The topological polar surface area (TPSA) is 49.8 Å². The van der Waals surface area contributed by atoms with Gasteiger partial charge in [-0.1, -0.05) is 13.3 Å². The maximum atomic E-state index is 4.41. The number of hydrogen-bond donors (Lipinski definition) is 2. The van der Waals surface area contributed by atoms with E-state index in [1.54, 1.807) is 0 Å². The number of rotatable bonds is 4.